The minimum absolute atomic E-state index is 0.0281. The lowest BCUT2D eigenvalue weighted by molar-refractivity contribution is -0.870. The van der Waals surface area contributed by atoms with Crippen molar-refractivity contribution in [2.45, 2.75) is 26.4 Å². The van der Waals surface area contributed by atoms with E-state index in [9.17, 15) is 28.0 Å². The van der Waals surface area contributed by atoms with E-state index in [1.54, 1.807) is 42.8 Å². The van der Waals surface area contributed by atoms with Crippen LogP contribution >= 0.6 is 0 Å². The number of carbonyl (C=O) groups is 1. The number of benzene rings is 3. The predicted molar refractivity (Wildman–Crippen MR) is 175 cm³/mol. The van der Waals surface area contributed by atoms with E-state index in [1.165, 1.54) is 18.3 Å². The number of carbonyl (C=O) groups excluding carboxylic acids is 1. The predicted octanol–water partition coefficient (Wildman–Crippen LogP) is 6.20. The van der Waals surface area contributed by atoms with Crippen molar-refractivity contribution in [1.29, 1.82) is 5.26 Å². The molecule has 0 spiro atoms. The highest BCUT2D eigenvalue weighted by molar-refractivity contribution is 5.83. The molecular formula is C35H37F3N7O2+. The molecule has 1 N–H and O–H groups in total. The number of hydrogen-bond acceptors (Lipinski definition) is 4. The first kappa shape index (κ1) is 34.5. The van der Waals surface area contributed by atoms with E-state index < -0.39 is 23.5 Å². The first-order valence-corrected chi connectivity index (χ1v) is 14.9. The lowest BCUT2D eigenvalue weighted by Crippen LogP contribution is -2.37. The Hall–Kier alpha value is -5.41. The van der Waals surface area contributed by atoms with Gasteiger partial charge >= 0.3 is 17.9 Å². The standard InChI is InChI=1S/C29H30F3N7O2.C6H6/c1-6-34-27(40)37-26(19(2)36(28(37)41)23-9-7-8-22(17-23)29(30,31)32)25-12-14-35-38(25)24-11-10-20(18-33)16-21(24)13-15-39(3,4)5;1-2-4-6-5-3-1/h7-12,14,16-17H,6,13,15H2,1-5H3;1-6H/p+1. The van der Waals surface area contributed by atoms with Crippen LogP contribution in [-0.4, -0.2) is 63.7 Å². The number of imidazole rings is 1. The van der Waals surface area contributed by atoms with Gasteiger partial charge in [-0.15, -0.1) is 0 Å². The Balaban J connectivity index is 0.000000748. The van der Waals surface area contributed by atoms with Crippen LogP contribution in [0, 0.1) is 18.3 Å². The van der Waals surface area contributed by atoms with Crippen LogP contribution in [0.5, 0.6) is 0 Å². The number of quaternary nitrogens is 1. The molecule has 0 bridgehead atoms. The van der Waals surface area contributed by atoms with Crippen molar-refractivity contribution >= 4 is 6.03 Å². The molecule has 2 heterocycles. The molecule has 47 heavy (non-hydrogen) atoms. The molecule has 3 aromatic carbocycles. The first-order chi connectivity index (χ1) is 22.3. The summed E-state index contributed by atoms with van der Waals surface area (Å²) in [6.07, 6.45) is -2.49. The molecule has 9 nitrogen and oxygen atoms in total. The lowest BCUT2D eigenvalue weighted by atomic mass is 10.0. The van der Waals surface area contributed by atoms with Gasteiger partial charge in [-0.1, -0.05) is 42.5 Å². The van der Waals surface area contributed by atoms with Crippen LogP contribution in [-0.2, 0) is 12.6 Å². The molecule has 0 fully saturated rings. The summed E-state index contributed by atoms with van der Waals surface area (Å²) in [7, 11) is 6.16. The molecule has 0 saturated carbocycles. The highest BCUT2D eigenvalue weighted by Crippen LogP contribution is 2.32. The maximum absolute atomic E-state index is 13.7. The molecule has 5 rings (SSSR count). The van der Waals surface area contributed by atoms with Crippen LogP contribution in [0.2, 0.25) is 0 Å². The summed E-state index contributed by atoms with van der Waals surface area (Å²) in [6.45, 7) is 4.25. The molecule has 0 saturated heterocycles. The monoisotopic (exact) mass is 644 g/mol. The molecule has 244 valence electrons. The largest absolute Gasteiger partial charge is 0.416 e. The van der Waals surface area contributed by atoms with Crippen molar-refractivity contribution < 1.29 is 22.4 Å². The topological polar surface area (TPSA) is 97.6 Å². The fourth-order valence-corrected chi connectivity index (χ4v) is 5.03. The normalized spacial score (nSPS) is 11.4. The second-order valence-electron chi connectivity index (χ2n) is 11.8. The van der Waals surface area contributed by atoms with Crippen LogP contribution in [0.15, 0.2) is 95.9 Å². The summed E-state index contributed by atoms with van der Waals surface area (Å²) in [5.41, 5.74) is 1.01. The average Bonchev–Trinajstić information content (AvgIpc) is 3.61. The average molecular weight is 645 g/mol. The van der Waals surface area contributed by atoms with Crippen molar-refractivity contribution in [2.24, 2.45) is 0 Å². The molecule has 1 amide bonds. The van der Waals surface area contributed by atoms with Crippen LogP contribution in [0.25, 0.3) is 22.8 Å². The van der Waals surface area contributed by atoms with Gasteiger partial charge in [-0.3, -0.25) is 4.57 Å². The van der Waals surface area contributed by atoms with Gasteiger partial charge < -0.3 is 9.80 Å². The van der Waals surface area contributed by atoms with Gasteiger partial charge in [0.25, 0.3) is 0 Å². The Bertz CT molecular complexity index is 1920. The minimum atomic E-state index is -4.62. The Labute approximate surface area is 271 Å². The zero-order chi connectivity index (χ0) is 34.4. The van der Waals surface area contributed by atoms with Crippen LogP contribution in [0.1, 0.15) is 29.3 Å². The quantitative estimate of drug-likeness (QED) is 0.213. The first-order valence-electron chi connectivity index (χ1n) is 14.9. The summed E-state index contributed by atoms with van der Waals surface area (Å²) < 4.78 is 44.8. The fourth-order valence-electron chi connectivity index (χ4n) is 5.03. The Morgan fingerprint density at radius 1 is 0.979 bits per heavy atom. The third-order valence-corrected chi connectivity index (χ3v) is 7.29. The van der Waals surface area contributed by atoms with Crippen molar-refractivity contribution in [2.75, 3.05) is 34.2 Å². The second-order valence-corrected chi connectivity index (χ2v) is 11.8. The molecule has 0 unspecified atom stereocenters. The van der Waals surface area contributed by atoms with Crippen molar-refractivity contribution in [3.05, 3.63) is 124 Å². The van der Waals surface area contributed by atoms with Gasteiger partial charge in [-0.25, -0.2) is 18.8 Å². The minimum Gasteiger partial charge on any atom is -0.338 e. The van der Waals surface area contributed by atoms with E-state index >= 15 is 0 Å². The smallest absolute Gasteiger partial charge is 0.338 e. The third kappa shape index (κ3) is 8.06. The number of nitrogens with zero attached hydrogens (tertiary/aromatic N) is 6. The maximum atomic E-state index is 13.7. The number of nitrogens with one attached hydrogen (secondary N) is 1. The van der Waals surface area contributed by atoms with Crippen molar-refractivity contribution in [1.82, 2.24) is 24.2 Å². The van der Waals surface area contributed by atoms with Crippen LogP contribution in [0.3, 0.4) is 0 Å². The molecule has 0 aliphatic carbocycles. The van der Waals surface area contributed by atoms with E-state index in [0.29, 0.717) is 27.8 Å². The second kappa shape index (κ2) is 14.3. The summed E-state index contributed by atoms with van der Waals surface area (Å²) in [4.78, 5) is 26.9. The molecule has 0 atom stereocenters. The van der Waals surface area contributed by atoms with Crippen LogP contribution < -0.4 is 11.0 Å². The number of nitriles is 1. The highest BCUT2D eigenvalue weighted by atomic mass is 19.4. The summed E-state index contributed by atoms with van der Waals surface area (Å²) >= 11 is 0. The molecule has 0 aliphatic heterocycles. The Morgan fingerprint density at radius 3 is 2.21 bits per heavy atom. The van der Waals surface area contributed by atoms with Gasteiger partial charge in [0.05, 0.1) is 73.8 Å². The van der Waals surface area contributed by atoms with Gasteiger partial charge in [0.1, 0.15) is 5.69 Å². The zero-order valence-corrected chi connectivity index (χ0v) is 26.9. The summed E-state index contributed by atoms with van der Waals surface area (Å²) in [6, 6.07) is 24.7. The van der Waals surface area contributed by atoms with E-state index in [2.05, 4.69) is 37.6 Å². The molecule has 2 aromatic heterocycles. The molecule has 12 heteroatoms. The fraction of sp³-hybridized carbons (Fsp3) is 0.257. The summed E-state index contributed by atoms with van der Waals surface area (Å²) in [5, 5.41) is 16.6. The highest BCUT2D eigenvalue weighted by Gasteiger charge is 2.32. The number of rotatable bonds is 7. The Morgan fingerprint density at radius 2 is 1.64 bits per heavy atom. The van der Waals surface area contributed by atoms with Gasteiger partial charge in [-0.05, 0) is 61.9 Å². The number of hydrogen-bond donors (Lipinski definition) is 1. The molecule has 5 aromatic rings. The van der Waals surface area contributed by atoms with E-state index in [1.807, 2.05) is 36.4 Å². The summed E-state index contributed by atoms with van der Waals surface area (Å²) in [5.74, 6) is 0. The Kier molecular flexibility index (Phi) is 10.5. The molecule has 0 radical (unpaired) electrons. The van der Waals surface area contributed by atoms with Gasteiger partial charge in [0.2, 0.25) is 0 Å². The third-order valence-electron chi connectivity index (χ3n) is 7.29. The number of amides is 1. The number of aromatic nitrogens is 4. The van der Waals surface area contributed by atoms with E-state index in [0.717, 1.165) is 33.4 Å². The van der Waals surface area contributed by atoms with Crippen LogP contribution in [0.4, 0.5) is 18.0 Å². The lowest BCUT2D eigenvalue weighted by Gasteiger charge is -2.24. The van der Waals surface area contributed by atoms with Crippen molar-refractivity contribution in [3.63, 3.8) is 0 Å². The molecular weight excluding hydrogens is 607 g/mol. The van der Waals surface area contributed by atoms with Crippen molar-refractivity contribution in [3.8, 4) is 28.8 Å². The number of alkyl halides is 3. The zero-order valence-electron chi connectivity index (χ0n) is 26.9. The number of halogens is 3. The maximum Gasteiger partial charge on any atom is 0.416 e. The number of likely N-dealkylation sites (N-methyl/N-ethyl adjacent to an activating group) is 1. The van der Waals surface area contributed by atoms with Gasteiger partial charge in [-0.2, -0.15) is 23.5 Å². The van der Waals surface area contributed by atoms with Gasteiger partial charge in [0.15, 0.2) is 0 Å². The van der Waals surface area contributed by atoms with E-state index in [-0.39, 0.29) is 23.6 Å². The SMILES string of the molecule is CCNC(=O)n1c(-c2ccnn2-c2ccc(C#N)cc2CC[N+](C)(C)C)c(C)n(-c2cccc(C(F)(F)F)c2)c1=O.c1ccccc1. The van der Waals surface area contributed by atoms with E-state index in [4.69, 9.17) is 0 Å². The van der Waals surface area contributed by atoms with Gasteiger partial charge in [0, 0.05) is 13.0 Å². The molecule has 0 aliphatic rings.